The largest absolute Gasteiger partial charge is 0.351 e. The zero-order valence-electron chi connectivity index (χ0n) is 9.92. The lowest BCUT2D eigenvalue weighted by atomic mass is 9.98. The minimum absolute atomic E-state index is 0.0673. The van der Waals surface area contributed by atoms with E-state index in [1.165, 1.54) is 37.0 Å². The topological polar surface area (TPSA) is 29.1 Å². The number of carbonyl (C=O) groups excluding carboxylic acids is 1. The van der Waals surface area contributed by atoms with Crippen molar-refractivity contribution in [2.45, 2.75) is 25.7 Å². The van der Waals surface area contributed by atoms with Crippen LogP contribution in [0.15, 0.2) is 14.3 Å². The van der Waals surface area contributed by atoms with Crippen LogP contribution in [0, 0.1) is 17.8 Å². The number of halogens is 2. The standard InChI is InChI=1S/C13H15Br2NOS/c14-10-5-11(18-12(10)15)13(17)16-6-9(7-1-2-7)8-3-4-8/h5,7-9H,1-4,6H2,(H,16,17). The second-order valence-electron chi connectivity index (χ2n) is 5.28. The maximum atomic E-state index is 12.1. The van der Waals surface area contributed by atoms with Crippen molar-refractivity contribution in [3.05, 3.63) is 19.2 Å². The highest BCUT2D eigenvalue weighted by atomic mass is 79.9. The van der Waals surface area contributed by atoms with Crippen molar-refractivity contribution >= 4 is 49.1 Å². The first-order valence-electron chi connectivity index (χ1n) is 6.38. The van der Waals surface area contributed by atoms with Crippen LogP contribution < -0.4 is 5.32 Å². The lowest BCUT2D eigenvalue weighted by molar-refractivity contribution is 0.0947. The lowest BCUT2D eigenvalue weighted by Gasteiger charge is -2.15. The summed E-state index contributed by atoms with van der Waals surface area (Å²) < 4.78 is 1.94. The molecule has 0 unspecified atom stereocenters. The fraction of sp³-hybridized carbons (Fsp3) is 0.615. The third-order valence-corrected chi connectivity index (χ3v) is 7.08. The van der Waals surface area contributed by atoms with Gasteiger partial charge in [-0.1, -0.05) is 0 Å². The van der Waals surface area contributed by atoms with E-state index < -0.39 is 0 Å². The molecule has 3 rings (SSSR count). The van der Waals surface area contributed by atoms with Crippen molar-refractivity contribution < 1.29 is 4.79 Å². The maximum absolute atomic E-state index is 12.1. The summed E-state index contributed by atoms with van der Waals surface area (Å²) in [4.78, 5) is 12.8. The molecule has 5 heteroatoms. The smallest absolute Gasteiger partial charge is 0.261 e. The number of amides is 1. The van der Waals surface area contributed by atoms with E-state index in [9.17, 15) is 4.79 Å². The van der Waals surface area contributed by atoms with Gasteiger partial charge in [0, 0.05) is 11.0 Å². The molecular formula is C13H15Br2NOS. The van der Waals surface area contributed by atoms with Gasteiger partial charge in [0.05, 0.1) is 8.66 Å². The lowest BCUT2D eigenvalue weighted by Crippen LogP contribution is -2.30. The molecule has 2 fully saturated rings. The Labute approximate surface area is 128 Å². The normalized spacial score (nSPS) is 19.3. The van der Waals surface area contributed by atoms with Crippen LogP contribution in [0.1, 0.15) is 35.4 Å². The Balaban J connectivity index is 1.57. The zero-order valence-corrected chi connectivity index (χ0v) is 13.9. The van der Waals surface area contributed by atoms with Crippen LogP contribution in [0.25, 0.3) is 0 Å². The molecule has 0 aliphatic heterocycles. The van der Waals surface area contributed by atoms with Gasteiger partial charge in [-0.2, -0.15) is 0 Å². The fourth-order valence-electron chi connectivity index (χ4n) is 2.52. The Hall–Kier alpha value is 0.130. The van der Waals surface area contributed by atoms with Crippen molar-refractivity contribution in [3.63, 3.8) is 0 Å². The summed E-state index contributed by atoms with van der Waals surface area (Å²) in [6.45, 7) is 0.862. The average molecular weight is 393 g/mol. The van der Waals surface area contributed by atoms with Crippen LogP contribution in [-0.2, 0) is 0 Å². The van der Waals surface area contributed by atoms with E-state index in [4.69, 9.17) is 0 Å². The van der Waals surface area contributed by atoms with Crippen molar-refractivity contribution in [3.8, 4) is 0 Å². The van der Waals surface area contributed by atoms with Crippen molar-refractivity contribution in [1.29, 1.82) is 0 Å². The number of hydrogen-bond donors (Lipinski definition) is 1. The van der Waals surface area contributed by atoms with Gasteiger partial charge in [0.1, 0.15) is 0 Å². The second kappa shape index (κ2) is 5.25. The van der Waals surface area contributed by atoms with Crippen LogP contribution in [-0.4, -0.2) is 12.5 Å². The quantitative estimate of drug-likeness (QED) is 0.788. The molecule has 0 saturated heterocycles. The Morgan fingerprint density at radius 2 is 1.94 bits per heavy atom. The van der Waals surface area contributed by atoms with Crippen LogP contribution in [0.5, 0.6) is 0 Å². The minimum Gasteiger partial charge on any atom is -0.351 e. The number of nitrogens with one attached hydrogen (secondary N) is 1. The average Bonchev–Trinajstić information content (AvgIpc) is 3.22. The predicted molar refractivity (Wildman–Crippen MR) is 81.0 cm³/mol. The van der Waals surface area contributed by atoms with Crippen LogP contribution in [0.4, 0.5) is 0 Å². The third kappa shape index (κ3) is 2.99. The minimum atomic E-state index is 0.0673. The first-order valence-corrected chi connectivity index (χ1v) is 8.78. The summed E-state index contributed by atoms with van der Waals surface area (Å²) in [5, 5.41) is 3.11. The number of rotatable bonds is 5. The molecule has 1 N–H and O–H groups in total. The van der Waals surface area contributed by atoms with E-state index in [1.54, 1.807) is 0 Å². The number of carbonyl (C=O) groups is 1. The third-order valence-electron chi connectivity index (χ3n) is 3.82. The monoisotopic (exact) mass is 391 g/mol. The van der Waals surface area contributed by atoms with Crippen LogP contribution >= 0.6 is 43.2 Å². The van der Waals surface area contributed by atoms with Gasteiger partial charge in [0.15, 0.2) is 0 Å². The number of hydrogen-bond acceptors (Lipinski definition) is 2. The van der Waals surface area contributed by atoms with Crippen molar-refractivity contribution in [1.82, 2.24) is 5.32 Å². The highest BCUT2D eigenvalue weighted by molar-refractivity contribution is 9.13. The summed E-state index contributed by atoms with van der Waals surface area (Å²) in [7, 11) is 0. The van der Waals surface area contributed by atoms with Gasteiger partial charge in [-0.15, -0.1) is 11.3 Å². The molecule has 0 atom stereocenters. The van der Waals surface area contributed by atoms with Gasteiger partial charge in [-0.05, 0) is 81.4 Å². The van der Waals surface area contributed by atoms with Gasteiger partial charge in [-0.3, -0.25) is 4.79 Å². The molecule has 2 aliphatic carbocycles. The molecule has 18 heavy (non-hydrogen) atoms. The van der Waals surface area contributed by atoms with E-state index >= 15 is 0 Å². The molecule has 0 aromatic carbocycles. The van der Waals surface area contributed by atoms with E-state index in [1.807, 2.05) is 6.07 Å². The van der Waals surface area contributed by atoms with Crippen LogP contribution in [0.2, 0.25) is 0 Å². The summed E-state index contributed by atoms with van der Waals surface area (Å²) in [6, 6.07) is 1.88. The van der Waals surface area contributed by atoms with Gasteiger partial charge in [0.25, 0.3) is 5.91 Å². The Morgan fingerprint density at radius 1 is 1.33 bits per heavy atom. The summed E-state index contributed by atoms with van der Waals surface area (Å²) in [5.74, 6) is 2.58. The summed E-state index contributed by atoms with van der Waals surface area (Å²) in [6.07, 6.45) is 5.47. The highest BCUT2D eigenvalue weighted by Crippen LogP contribution is 2.48. The van der Waals surface area contributed by atoms with Gasteiger partial charge < -0.3 is 5.32 Å². The van der Waals surface area contributed by atoms with Gasteiger partial charge >= 0.3 is 0 Å². The molecule has 1 aromatic heterocycles. The molecule has 2 saturated carbocycles. The molecule has 2 nitrogen and oxygen atoms in total. The Morgan fingerprint density at radius 3 is 2.39 bits per heavy atom. The van der Waals surface area contributed by atoms with Gasteiger partial charge in [0.2, 0.25) is 0 Å². The highest BCUT2D eigenvalue weighted by Gasteiger charge is 2.41. The molecule has 1 heterocycles. The number of thiophene rings is 1. The van der Waals surface area contributed by atoms with E-state index in [0.717, 1.165) is 37.4 Å². The first-order chi connectivity index (χ1) is 8.65. The van der Waals surface area contributed by atoms with E-state index in [-0.39, 0.29) is 5.91 Å². The summed E-state index contributed by atoms with van der Waals surface area (Å²) in [5.41, 5.74) is 0. The zero-order chi connectivity index (χ0) is 12.7. The molecule has 1 aromatic rings. The maximum Gasteiger partial charge on any atom is 0.261 e. The SMILES string of the molecule is O=C(NCC(C1CC1)C1CC1)c1cc(Br)c(Br)s1. The van der Waals surface area contributed by atoms with Crippen molar-refractivity contribution in [2.24, 2.45) is 17.8 Å². The Kier molecular flexibility index (Phi) is 3.83. The molecule has 0 bridgehead atoms. The first kappa shape index (κ1) is 13.1. The molecule has 0 spiro atoms. The van der Waals surface area contributed by atoms with Gasteiger partial charge in [-0.25, -0.2) is 0 Å². The molecule has 0 radical (unpaired) electrons. The summed E-state index contributed by atoms with van der Waals surface area (Å²) >= 11 is 8.32. The molecule has 1 amide bonds. The second-order valence-corrected chi connectivity index (χ2v) is 8.51. The van der Waals surface area contributed by atoms with Crippen molar-refractivity contribution in [2.75, 3.05) is 6.54 Å². The van der Waals surface area contributed by atoms with E-state index in [0.29, 0.717) is 0 Å². The molecular weight excluding hydrogens is 378 g/mol. The molecule has 98 valence electrons. The van der Waals surface area contributed by atoms with E-state index in [2.05, 4.69) is 37.2 Å². The Bertz CT molecular complexity index is 434. The fourth-order valence-corrected chi connectivity index (χ4v) is 4.48. The molecule has 2 aliphatic rings. The van der Waals surface area contributed by atoms with Crippen LogP contribution in [0.3, 0.4) is 0 Å². The predicted octanol–water partition coefficient (Wildman–Crippen LogP) is 4.44.